The van der Waals surface area contributed by atoms with Gasteiger partial charge in [-0.2, -0.15) is 5.10 Å². The van der Waals surface area contributed by atoms with Gasteiger partial charge in [0.05, 0.1) is 11.9 Å². The summed E-state index contributed by atoms with van der Waals surface area (Å²) in [5, 5.41) is 19.8. The first-order valence-corrected chi connectivity index (χ1v) is 8.46. The van der Waals surface area contributed by atoms with Crippen LogP contribution in [0.15, 0.2) is 30.6 Å². The summed E-state index contributed by atoms with van der Waals surface area (Å²) in [7, 11) is 1.88. The fourth-order valence-corrected chi connectivity index (χ4v) is 2.76. The van der Waals surface area contributed by atoms with Gasteiger partial charge in [0.1, 0.15) is 5.52 Å². The molecule has 3 rings (SSSR count). The Morgan fingerprint density at radius 3 is 2.76 bits per heavy atom. The predicted octanol–water partition coefficient (Wildman–Crippen LogP) is 2.60. The lowest BCUT2D eigenvalue weighted by Crippen LogP contribution is -2.26. The highest BCUT2D eigenvalue weighted by molar-refractivity contribution is 6.08. The zero-order valence-electron chi connectivity index (χ0n) is 14.7. The minimum atomic E-state index is -0.209. The van der Waals surface area contributed by atoms with Gasteiger partial charge in [-0.1, -0.05) is 25.1 Å². The smallest absolute Gasteiger partial charge is 0.273 e. The first-order chi connectivity index (χ1) is 12.2. The maximum atomic E-state index is 12.4. The summed E-state index contributed by atoms with van der Waals surface area (Å²) >= 11 is 0. The van der Waals surface area contributed by atoms with Gasteiger partial charge >= 0.3 is 0 Å². The van der Waals surface area contributed by atoms with E-state index in [1.54, 1.807) is 10.9 Å². The van der Waals surface area contributed by atoms with E-state index >= 15 is 0 Å². The number of aromatic nitrogens is 4. The molecule has 3 aromatic rings. The highest BCUT2D eigenvalue weighted by Crippen LogP contribution is 2.31. The summed E-state index contributed by atoms with van der Waals surface area (Å²) in [6.45, 7) is 5.30. The van der Waals surface area contributed by atoms with Crippen LogP contribution < -0.4 is 10.6 Å². The molecular formula is C18H22N6O. The molecule has 2 heterocycles. The van der Waals surface area contributed by atoms with Crippen molar-refractivity contribution in [1.29, 1.82) is 0 Å². The van der Waals surface area contributed by atoms with Crippen LogP contribution in [0.1, 0.15) is 30.8 Å². The first-order valence-electron chi connectivity index (χ1n) is 8.46. The van der Waals surface area contributed by atoms with E-state index in [4.69, 9.17) is 0 Å². The summed E-state index contributed by atoms with van der Waals surface area (Å²) < 4.78 is 1.75. The zero-order chi connectivity index (χ0) is 17.8. The summed E-state index contributed by atoms with van der Waals surface area (Å²) in [4.78, 5) is 12.4. The van der Waals surface area contributed by atoms with Gasteiger partial charge in [0, 0.05) is 42.8 Å². The average Bonchev–Trinajstić information content (AvgIpc) is 3.05. The van der Waals surface area contributed by atoms with E-state index in [0.29, 0.717) is 24.5 Å². The molecule has 0 aliphatic heterocycles. The molecule has 0 radical (unpaired) electrons. The number of nitrogens with zero attached hydrogens (tertiary/aromatic N) is 4. The van der Waals surface area contributed by atoms with Crippen LogP contribution in [-0.4, -0.2) is 39.0 Å². The Hall–Kier alpha value is -2.96. The summed E-state index contributed by atoms with van der Waals surface area (Å²) in [6.07, 6.45) is 4.60. The van der Waals surface area contributed by atoms with Crippen molar-refractivity contribution >= 4 is 22.5 Å². The Kier molecular flexibility index (Phi) is 4.92. The molecule has 0 saturated heterocycles. The zero-order valence-corrected chi connectivity index (χ0v) is 14.7. The molecule has 1 amide bonds. The standard InChI is InChI=1S/C18H22N6O/c1-4-9-20-18(25)17-16(19-5-2)14-8-6-7-13(15(14)22-23-17)12-10-21-24(3)11-12/h6-8,10-11H,4-5,9H2,1-3H3,(H,19,22)(H,20,25). The van der Waals surface area contributed by atoms with Crippen molar-refractivity contribution < 1.29 is 4.79 Å². The molecule has 0 aliphatic carbocycles. The monoisotopic (exact) mass is 338 g/mol. The molecule has 0 unspecified atom stereocenters. The number of benzene rings is 1. The van der Waals surface area contributed by atoms with Gasteiger partial charge in [-0.3, -0.25) is 9.48 Å². The number of nitrogens with one attached hydrogen (secondary N) is 2. The number of anilines is 1. The van der Waals surface area contributed by atoms with Crippen LogP contribution in [0.4, 0.5) is 5.69 Å². The number of fused-ring (bicyclic) bond motifs is 1. The van der Waals surface area contributed by atoms with Crippen molar-refractivity contribution in [3.8, 4) is 11.1 Å². The van der Waals surface area contributed by atoms with Crippen molar-refractivity contribution in [1.82, 2.24) is 25.3 Å². The summed E-state index contributed by atoms with van der Waals surface area (Å²) in [6, 6.07) is 5.90. The second-order valence-corrected chi connectivity index (χ2v) is 5.81. The lowest BCUT2D eigenvalue weighted by atomic mass is 10.0. The summed E-state index contributed by atoms with van der Waals surface area (Å²) in [5.41, 5.74) is 3.70. The van der Waals surface area contributed by atoms with E-state index in [9.17, 15) is 4.79 Å². The van der Waals surface area contributed by atoms with Gasteiger partial charge in [-0.25, -0.2) is 0 Å². The highest BCUT2D eigenvalue weighted by Gasteiger charge is 2.18. The highest BCUT2D eigenvalue weighted by atomic mass is 16.1. The molecular weight excluding hydrogens is 316 g/mol. The van der Waals surface area contributed by atoms with Crippen LogP contribution in [0, 0.1) is 0 Å². The van der Waals surface area contributed by atoms with Crippen LogP contribution in [0.5, 0.6) is 0 Å². The van der Waals surface area contributed by atoms with Gasteiger partial charge in [-0.05, 0) is 13.3 Å². The molecule has 0 spiro atoms. The molecule has 1 aromatic carbocycles. The van der Waals surface area contributed by atoms with Crippen molar-refractivity contribution in [3.63, 3.8) is 0 Å². The molecule has 2 N–H and O–H groups in total. The number of hydrogen-bond donors (Lipinski definition) is 2. The largest absolute Gasteiger partial charge is 0.383 e. The second-order valence-electron chi connectivity index (χ2n) is 5.81. The number of rotatable bonds is 6. The van der Waals surface area contributed by atoms with Crippen molar-refractivity contribution in [2.75, 3.05) is 18.4 Å². The Morgan fingerprint density at radius 1 is 1.24 bits per heavy atom. The van der Waals surface area contributed by atoms with Gasteiger partial charge in [0.15, 0.2) is 5.69 Å². The molecule has 0 aliphatic rings. The van der Waals surface area contributed by atoms with E-state index in [-0.39, 0.29) is 5.91 Å². The fourth-order valence-electron chi connectivity index (χ4n) is 2.76. The SMILES string of the molecule is CCCNC(=O)c1nnc2c(-c3cnn(C)c3)cccc2c1NCC. The van der Waals surface area contributed by atoms with E-state index in [0.717, 1.165) is 28.5 Å². The molecule has 0 fully saturated rings. The molecule has 7 nitrogen and oxygen atoms in total. The van der Waals surface area contributed by atoms with Crippen LogP contribution in [-0.2, 0) is 7.05 Å². The Bertz CT molecular complexity index is 902. The first kappa shape index (κ1) is 16.9. The number of carbonyl (C=O) groups excluding carboxylic acids is 1. The van der Waals surface area contributed by atoms with Crippen LogP contribution in [0.2, 0.25) is 0 Å². The third kappa shape index (κ3) is 3.31. The molecule has 7 heteroatoms. The predicted molar refractivity (Wildman–Crippen MR) is 98.5 cm³/mol. The Balaban J connectivity index is 2.16. The fraction of sp³-hybridized carbons (Fsp3) is 0.333. The minimum absolute atomic E-state index is 0.209. The third-order valence-electron chi connectivity index (χ3n) is 3.91. The normalized spacial score (nSPS) is 10.8. The van der Waals surface area contributed by atoms with E-state index in [1.807, 2.05) is 45.3 Å². The molecule has 0 atom stereocenters. The second kappa shape index (κ2) is 7.29. The lowest BCUT2D eigenvalue weighted by Gasteiger charge is -2.13. The number of amides is 1. The molecule has 130 valence electrons. The van der Waals surface area contributed by atoms with Gasteiger partial charge in [0.2, 0.25) is 0 Å². The van der Waals surface area contributed by atoms with Crippen molar-refractivity contribution in [2.45, 2.75) is 20.3 Å². The van der Waals surface area contributed by atoms with Crippen molar-refractivity contribution in [3.05, 3.63) is 36.3 Å². The number of hydrogen-bond acceptors (Lipinski definition) is 5. The van der Waals surface area contributed by atoms with Gasteiger partial charge < -0.3 is 10.6 Å². The molecule has 25 heavy (non-hydrogen) atoms. The molecule has 2 aromatic heterocycles. The van der Waals surface area contributed by atoms with E-state index in [2.05, 4.69) is 25.9 Å². The average molecular weight is 338 g/mol. The number of aryl methyl sites for hydroxylation is 1. The lowest BCUT2D eigenvalue weighted by molar-refractivity contribution is 0.0949. The maximum Gasteiger partial charge on any atom is 0.273 e. The van der Waals surface area contributed by atoms with Gasteiger partial charge in [-0.15, -0.1) is 10.2 Å². The maximum absolute atomic E-state index is 12.4. The van der Waals surface area contributed by atoms with Crippen LogP contribution in [0.25, 0.3) is 22.0 Å². The van der Waals surface area contributed by atoms with Crippen LogP contribution >= 0.6 is 0 Å². The minimum Gasteiger partial charge on any atom is -0.383 e. The Morgan fingerprint density at radius 2 is 2.08 bits per heavy atom. The molecule has 0 bridgehead atoms. The molecule has 0 saturated carbocycles. The van der Waals surface area contributed by atoms with Gasteiger partial charge in [0.25, 0.3) is 5.91 Å². The quantitative estimate of drug-likeness (QED) is 0.722. The number of carbonyl (C=O) groups is 1. The van der Waals surface area contributed by atoms with Crippen LogP contribution in [0.3, 0.4) is 0 Å². The van der Waals surface area contributed by atoms with E-state index in [1.165, 1.54) is 0 Å². The Labute approximate surface area is 146 Å². The van der Waals surface area contributed by atoms with E-state index < -0.39 is 0 Å². The summed E-state index contributed by atoms with van der Waals surface area (Å²) in [5.74, 6) is -0.209. The topological polar surface area (TPSA) is 84.7 Å². The van der Waals surface area contributed by atoms with Crippen molar-refractivity contribution in [2.24, 2.45) is 7.05 Å². The third-order valence-corrected chi connectivity index (χ3v) is 3.91.